The molecule has 1 aliphatic rings. The van der Waals surface area contributed by atoms with Crippen molar-refractivity contribution in [3.8, 4) is 0 Å². The topological polar surface area (TPSA) is 66.6 Å². The Morgan fingerprint density at radius 1 is 1.38 bits per heavy atom. The third-order valence-electron chi connectivity index (χ3n) is 3.91. The van der Waals surface area contributed by atoms with E-state index in [1.165, 1.54) is 11.3 Å². The first-order chi connectivity index (χ1) is 9.98. The van der Waals surface area contributed by atoms with E-state index in [-0.39, 0.29) is 6.04 Å². The number of hydrogen-bond acceptors (Lipinski definition) is 5. The van der Waals surface area contributed by atoms with E-state index in [9.17, 15) is 8.42 Å². The molecule has 2 N–H and O–H groups in total. The first kappa shape index (κ1) is 16.9. The van der Waals surface area contributed by atoms with Crippen molar-refractivity contribution in [3.63, 3.8) is 0 Å². The lowest BCUT2D eigenvalue weighted by Crippen LogP contribution is -2.43. The van der Waals surface area contributed by atoms with Crippen molar-refractivity contribution in [2.24, 2.45) is 5.73 Å². The van der Waals surface area contributed by atoms with E-state index in [0.717, 1.165) is 37.2 Å². The average molecular weight is 332 g/mol. The molecule has 1 aliphatic heterocycles. The van der Waals surface area contributed by atoms with Gasteiger partial charge in [0.1, 0.15) is 4.21 Å². The summed E-state index contributed by atoms with van der Waals surface area (Å²) in [5.74, 6) is 0. The molecule has 1 saturated heterocycles. The molecule has 2 rings (SSSR count). The Kier molecular flexibility index (Phi) is 5.79. The van der Waals surface area contributed by atoms with Crippen LogP contribution in [0.2, 0.25) is 0 Å². The Bertz CT molecular complexity index is 556. The minimum atomic E-state index is -3.38. The lowest BCUT2D eigenvalue weighted by molar-refractivity contribution is 0.270. The molecule has 0 aliphatic carbocycles. The van der Waals surface area contributed by atoms with Crippen LogP contribution in [0, 0.1) is 0 Å². The number of nitrogens with zero attached hydrogens (tertiary/aromatic N) is 2. The quantitative estimate of drug-likeness (QED) is 0.884. The van der Waals surface area contributed by atoms with Crippen molar-refractivity contribution in [1.29, 1.82) is 0 Å². The molecule has 0 spiro atoms. The van der Waals surface area contributed by atoms with E-state index < -0.39 is 10.0 Å². The Labute approximate surface area is 131 Å². The van der Waals surface area contributed by atoms with Gasteiger partial charge < -0.3 is 10.6 Å². The van der Waals surface area contributed by atoms with E-state index in [0.29, 0.717) is 17.3 Å². The second-order valence-electron chi connectivity index (χ2n) is 5.55. The van der Waals surface area contributed by atoms with E-state index >= 15 is 0 Å². The zero-order valence-electron chi connectivity index (χ0n) is 12.8. The highest BCUT2D eigenvalue weighted by Crippen LogP contribution is 2.28. The van der Waals surface area contributed by atoms with Crippen LogP contribution in [0.15, 0.2) is 16.3 Å². The maximum Gasteiger partial charge on any atom is 0.252 e. The number of rotatable bonds is 5. The van der Waals surface area contributed by atoms with Gasteiger partial charge in [-0.05, 0) is 51.5 Å². The Morgan fingerprint density at radius 3 is 2.81 bits per heavy atom. The lowest BCUT2D eigenvalue weighted by Gasteiger charge is -2.28. The molecule has 0 saturated carbocycles. The van der Waals surface area contributed by atoms with Crippen molar-refractivity contribution in [3.05, 3.63) is 17.0 Å². The van der Waals surface area contributed by atoms with Gasteiger partial charge in [0.05, 0.1) is 0 Å². The van der Waals surface area contributed by atoms with Gasteiger partial charge in [-0.1, -0.05) is 6.92 Å². The van der Waals surface area contributed by atoms with Gasteiger partial charge in [0.2, 0.25) is 0 Å². The Balaban J connectivity index is 2.27. The molecule has 7 heteroatoms. The van der Waals surface area contributed by atoms with Crippen LogP contribution < -0.4 is 5.73 Å². The second-order valence-corrected chi connectivity index (χ2v) is 8.84. The zero-order valence-corrected chi connectivity index (χ0v) is 14.4. The van der Waals surface area contributed by atoms with Gasteiger partial charge in [-0.3, -0.25) is 0 Å². The molecule has 120 valence electrons. The smallest absolute Gasteiger partial charge is 0.252 e. The van der Waals surface area contributed by atoms with Gasteiger partial charge in [-0.2, -0.15) is 4.31 Å². The van der Waals surface area contributed by atoms with E-state index in [1.807, 2.05) is 6.07 Å². The number of hydrogen-bond donors (Lipinski definition) is 1. The number of sulfonamides is 1. The normalized spacial score (nSPS) is 22.3. The number of nitrogens with two attached hydrogens (primary N) is 1. The maximum absolute atomic E-state index is 12.9. The van der Waals surface area contributed by atoms with Gasteiger partial charge in [-0.25, -0.2) is 8.42 Å². The number of likely N-dealkylation sites (N-methyl/N-ethyl adjacent to an activating group) is 1. The summed E-state index contributed by atoms with van der Waals surface area (Å²) in [5, 5.41) is 0. The fourth-order valence-electron chi connectivity index (χ4n) is 2.76. The first-order valence-electron chi connectivity index (χ1n) is 7.48. The van der Waals surface area contributed by atoms with Crippen LogP contribution in [0.1, 0.15) is 24.6 Å². The standard InChI is InChI=1S/C14H25N3O2S2/c1-3-12-11-16(2)9-4-10-17(12)21(18,19)14-6-5-13(20-14)7-8-15/h5-6,12H,3-4,7-11,15H2,1-2H3. The van der Waals surface area contributed by atoms with Crippen molar-refractivity contribution in [2.45, 2.75) is 36.4 Å². The molecule has 1 aromatic heterocycles. The molecule has 1 fully saturated rings. The van der Waals surface area contributed by atoms with E-state index in [2.05, 4.69) is 18.9 Å². The van der Waals surface area contributed by atoms with Gasteiger partial charge in [0.25, 0.3) is 10.0 Å². The molecule has 1 aromatic rings. The van der Waals surface area contributed by atoms with E-state index in [1.54, 1.807) is 10.4 Å². The van der Waals surface area contributed by atoms with E-state index in [4.69, 9.17) is 5.73 Å². The fraction of sp³-hybridized carbons (Fsp3) is 0.714. The van der Waals surface area contributed by atoms with Crippen LogP contribution in [0.5, 0.6) is 0 Å². The first-order valence-corrected chi connectivity index (χ1v) is 9.74. The molecular formula is C14H25N3O2S2. The molecule has 1 unspecified atom stereocenters. The van der Waals surface area contributed by atoms with Gasteiger partial charge in [0.15, 0.2) is 0 Å². The highest BCUT2D eigenvalue weighted by Gasteiger charge is 2.33. The minimum Gasteiger partial charge on any atom is -0.330 e. The molecule has 0 aromatic carbocycles. The Hall–Kier alpha value is -0.470. The molecule has 21 heavy (non-hydrogen) atoms. The summed E-state index contributed by atoms with van der Waals surface area (Å²) in [7, 11) is -1.32. The van der Waals surface area contributed by atoms with Crippen LogP contribution in [-0.4, -0.2) is 56.9 Å². The van der Waals surface area contributed by atoms with Crippen LogP contribution in [-0.2, 0) is 16.4 Å². The Morgan fingerprint density at radius 2 is 2.14 bits per heavy atom. The van der Waals surface area contributed by atoms with Crippen LogP contribution in [0.25, 0.3) is 0 Å². The summed E-state index contributed by atoms with van der Waals surface area (Å²) in [4.78, 5) is 3.26. The molecular weight excluding hydrogens is 306 g/mol. The number of thiophene rings is 1. The molecule has 0 bridgehead atoms. The summed E-state index contributed by atoms with van der Waals surface area (Å²) < 4.78 is 28.0. The van der Waals surface area contributed by atoms with Gasteiger partial charge in [-0.15, -0.1) is 11.3 Å². The summed E-state index contributed by atoms with van der Waals surface area (Å²) in [5.41, 5.74) is 5.54. The van der Waals surface area contributed by atoms with Crippen molar-refractivity contribution >= 4 is 21.4 Å². The zero-order chi connectivity index (χ0) is 15.5. The third kappa shape index (κ3) is 3.84. The highest BCUT2D eigenvalue weighted by molar-refractivity contribution is 7.91. The summed E-state index contributed by atoms with van der Waals surface area (Å²) in [6.45, 7) is 4.96. The van der Waals surface area contributed by atoms with Crippen LogP contribution in [0.4, 0.5) is 0 Å². The predicted molar refractivity (Wildman–Crippen MR) is 87.2 cm³/mol. The molecule has 0 radical (unpaired) electrons. The minimum absolute atomic E-state index is 0.0579. The average Bonchev–Trinajstić information content (AvgIpc) is 2.82. The largest absolute Gasteiger partial charge is 0.330 e. The predicted octanol–water partition coefficient (Wildman–Crippen LogP) is 1.35. The van der Waals surface area contributed by atoms with Crippen LogP contribution >= 0.6 is 11.3 Å². The van der Waals surface area contributed by atoms with Crippen LogP contribution in [0.3, 0.4) is 0 Å². The van der Waals surface area contributed by atoms with Crippen molar-refractivity contribution < 1.29 is 8.42 Å². The second kappa shape index (κ2) is 7.19. The summed E-state index contributed by atoms with van der Waals surface area (Å²) in [6.07, 6.45) is 2.46. The molecule has 2 heterocycles. The molecule has 5 nitrogen and oxygen atoms in total. The fourth-order valence-corrected chi connectivity index (χ4v) is 5.99. The summed E-state index contributed by atoms with van der Waals surface area (Å²) >= 11 is 1.35. The maximum atomic E-state index is 12.9. The SMILES string of the molecule is CCC1CN(C)CCCN1S(=O)(=O)c1ccc(CCN)s1. The van der Waals surface area contributed by atoms with Crippen molar-refractivity contribution in [2.75, 3.05) is 33.2 Å². The molecule has 1 atom stereocenters. The van der Waals surface area contributed by atoms with Gasteiger partial charge >= 0.3 is 0 Å². The van der Waals surface area contributed by atoms with Gasteiger partial charge in [0, 0.05) is 24.0 Å². The summed E-state index contributed by atoms with van der Waals surface area (Å²) in [6, 6.07) is 3.67. The highest BCUT2D eigenvalue weighted by atomic mass is 32.2. The van der Waals surface area contributed by atoms with Crippen molar-refractivity contribution in [1.82, 2.24) is 9.21 Å². The lowest BCUT2D eigenvalue weighted by atomic mass is 10.2. The third-order valence-corrected chi connectivity index (χ3v) is 7.47. The molecule has 0 amide bonds. The monoisotopic (exact) mass is 331 g/mol.